The van der Waals surface area contributed by atoms with Crippen LogP contribution < -0.4 is 5.73 Å². The SMILES string of the molecule is C[Si]1(C)O[Si](C)(C)C2(c3cccc4c3C=CC4)CCCC21C([NH])=O. The number of nitrogens with one attached hydrogen (secondary N) is 1. The first kappa shape index (κ1) is 16.3. The second-order valence-electron chi connectivity index (χ2n) is 8.60. The van der Waals surface area contributed by atoms with Gasteiger partial charge in [-0.15, -0.1) is 0 Å². The molecule has 0 aromatic heterocycles. The van der Waals surface area contributed by atoms with Gasteiger partial charge in [-0.2, -0.15) is 0 Å². The average Bonchev–Trinajstić information content (AvgIpc) is 3.13. The van der Waals surface area contributed by atoms with Gasteiger partial charge < -0.3 is 4.12 Å². The van der Waals surface area contributed by atoms with E-state index in [-0.39, 0.29) is 10.9 Å². The van der Waals surface area contributed by atoms with E-state index in [2.05, 4.69) is 56.5 Å². The summed E-state index contributed by atoms with van der Waals surface area (Å²) in [6.45, 7) is 8.94. The summed E-state index contributed by atoms with van der Waals surface area (Å²) in [4.78, 5) is 12.9. The smallest absolute Gasteiger partial charge is 0.244 e. The predicted octanol–water partition coefficient (Wildman–Crippen LogP) is 4.21. The molecule has 2 aliphatic carbocycles. The van der Waals surface area contributed by atoms with Crippen LogP contribution in [0.1, 0.15) is 36.0 Å². The lowest BCUT2D eigenvalue weighted by Crippen LogP contribution is -2.56. The number of carbonyl (C=O) groups is 1. The molecule has 1 saturated heterocycles. The standard InChI is InChI=1S/C19H26NO2Si2/c1-23(2)18(16-11-6-9-14-8-5-10-15(14)16)12-7-13-19(18,17(20)21)24(3,4)22-23/h5-6,9-11,20H,7-8,12-13H2,1-4H3. The van der Waals surface area contributed by atoms with Crippen LogP contribution in [0.15, 0.2) is 24.3 Å². The number of amides is 1. The first-order valence-electron chi connectivity index (χ1n) is 8.95. The molecule has 3 aliphatic rings. The fourth-order valence-electron chi connectivity index (χ4n) is 6.42. The van der Waals surface area contributed by atoms with Crippen molar-refractivity contribution >= 4 is 28.6 Å². The van der Waals surface area contributed by atoms with E-state index in [4.69, 9.17) is 9.85 Å². The van der Waals surface area contributed by atoms with E-state index in [1.807, 2.05) is 0 Å². The number of allylic oxidation sites excluding steroid dienone is 1. The van der Waals surface area contributed by atoms with E-state index in [1.54, 1.807) is 0 Å². The van der Waals surface area contributed by atoms with Crippen LogP contribution in [0.4, 0.5) is 0 Å². The molecular weight excluding hydrogens is 330 g/mol. The quantitative estimate of drug-likeness (QED) is 0.745. The molecule has 1 saturated carbocycles. The maximum atomic E-state index is 12.9. The highest BCUT2D eigenvalue weighted by Crippen LogP contribution is 2.73. The number of carbonyl (C=O) groups excluding carboxylic acids is 1. The topological polar surface area (TPSA) is 50.1 Å². The molecular formula is C19H26NO2Si2. The minimum atomic E-state index is -2.31. The molecule has 3 nitrogen and oxygen atoms in total. The van der Waals surface area contributed by atoms with Crippen LogP contribution in [-0.2, 0) is 20.4 Å². The maximum Gasteiger partial charge on any atom is 0.244 e. The molecule has 5 heteroatoms. The lowest BCUT2D eigenvalue weighted by Gasteiger charge is -2.46. The third-order valence-electron chi connectivity index (χ3n) is 7.06. The number of hydrogen-bond donors (Lipinski definition) is 0. The van der Waals surface area contributed by atoms with Gasteiger partial charge in [0.15, 0.2) is 16.6 Å². The van der Waals surface area contributed by atoms with E-state index in [1.165, 1.54) is 16.7 Å². The van der Waals surface area contributed by atoms with Crippen LogP contribution in [0.5, 0.6) is 0 Å². The Morgan fingerprint density at radius 2 is 1.92 bits per heavy atom. The van der Waals surface area contributed by atoms with Crippen molar-refractivity contribution in [2.24, 2.45) is 0 Å². The molecule has 1 aromatic rings. The zero-order valence-corrected chi connectivity index (χ0v) is 17.0. The molecule has 2 fully saturated rings. The Balaban J connectivity index is 2.09. The van der Waals surface area contributed by atoms with Gasteiger partial charge in [-0.3, -0.25) is 10.5 Å². The van der Waals surface area contributed by atoms with Gasteiger partial charge in [-0.05, 0) is 62.1 Å². The zero-order valence-electron chi connectivity index (χ0n) is 15.0. The average molecular weight is 357 g/mol. The minimum Gasteiger partial charge on any atom is -0.454 e. The van der Waals surface area contributed by atoms with Gasteiger partial charge in [0.05, 0.1) is 5.04 Å². The zero-order chi connectivity index (χ0) is 17.4. The first-order valence-corrected chi connectivity index (χ1v) is 14.8. The fraction of sp³-hybridized carbons (Fsp3) is 0.526. The Labute approximate surface area is 146 Å². The summed E-state index contributed by atoms with van der Waals surface area (Å²) >= 11 is 0. The summed E-state index contributed by atoms with van der Waals surface area (Å²) in [6.07, 6.45) is 8.29. The number of rotatable bonds is 2. The van der Waals surface area contributed by atoms with Crippen LogP contribution in [0.2, 0.25) is 31.2 Å². The normalized spacial score (nSPS) is 35.0. The van der Waals surface area contributed by atoms with E-state index >= 15 is 0 Å². The van der Waals surface area contributed by atoms with Crippen LogP contribution in [-0.4, -0.2) is 22.5 Å². The Kier molecular flexibility index (Phi) is 3.20. The van der Waals surface area contributed by atoms with Gasteiger partial charge in [-0.25, -0.2) is 0 Å². The van der Waals surface area contributed by atoms with Crippen molar-refractivity contribution in [2.75, 3.05) is 0 Å². The molecule has 2 atom stereocenters. The third-order valence-corrected chi connectivity index (χ3v) is 17.4. The van der Waals surface area contributed by atoms with E-state index < -0.39 is 21.7 Å². The summed E-state index contributed by atoms with van der Waals surface area (Å²) in [7, 11) is -4.49. The van der Waals surface area contributed by atoms with Crippen molar-refractivity contribution in [3.05, 3.63) is 41.0 Å². The van der Waals surface area contributed by atoms with Crippen molar-refractivity contribution < 1.29 is 8.91 Å². The molecule has 1 radical (unpaired) electrons. The van der Waals surface area contributed by atoms with Crippen LogP contribution in [0, 0.1) is 0 Å². The van der Waals surface area contributed by atoms with Gasteiger partial charge >= 0.3 is 0 Å². The van der Waals surface area contributed by atoms with Crippen molar-refractivity contribution in [1.29, 1.82) is 0 Å². The lowest BCUT2D eigenvalue weighted by molar-refractivity contribution is -0.122. The predicted molar refractivity (Wildman–Crippen MR) is 102 cm³/mol. The second-order valence-corrected chi connectivity index (χ2v) is 17.2. The van der Waals surface area contributed by atoms with Crippen molar-refractivity contribution in [1.82, 2.24) is 5.73 Å². The van der Waals surface area contributed by atoms with E-state index in [9.17, 15) is 4.79 Å². The highest BCUT2D eigenvalue weighted by Gasteiger charge is 2.79. The molecule has 0 bridgehead atoms. The lowest BCUT2D eigenvalue weighted by atomic mass is 9.82. The van der Waals surface area contributed by atoms with Crippen LogP contribution in [0.25, 0.3) is 6.08 Å². The Morgan fingerprint density at radius 3 is 2.62 bits per heavy atom. The monoisotopic (exact) mass is 356 g/mol. The molecule has 4 rings (SSSR count). The summed E-state index contributed by atoms with van der Waals surface area (Å²) in [5.41, 5.74) is 12.3. The molecule has 0 spiro atoms. The van der Waals surface area contributed by atoms with Crippen molar-refractivity contribution in [3.63, 3.8) is 0 Å². The van der Waals surface area contributed by atoms with Gasteiger partial charge in [0, 0.05) is 5.04 Å². The second kappa shape index (κ2) is 4.71. The Bertz CT molecular complexity index is 771. The van der Waals surface area contributed by atoms with Crippen LogP contribution >= 0.6 is 0 Å². The van der Waals surface area contributed by atoms with Crippen molar-refractivity contribution in [2.45, 2.75) is 61.9 Å². The van der Waals surface area contributed by atoms with E-state index in [0.717, 1.165) is 25.7 Å². The molecule has 1 amide bonds. The summed E-state index contributed by atoms with van der Waals surface area (Å²) < 4.78 is 6.80. The summed E-state index contributed by atoms with van der Waals surface area (Å²) in [6, 6.07) is 6.57. The van der Waals surface area contributed by atoms with Gasteiger partial charge in [0.25, 0.3) is 0 Å². The first-order chi connectivity index (χ1) is 11.2. The van der Waals surface area contributed by atoms with Gasteiger partial charge in [0.2, 0.25) is 5.91 Å². The molecule has 127 valence electrons. The molecule has 2 unspecified atom stereocenters. The third kappa shape index (κ3) is 1.59. The van der Waals surface area contributed by atoms with Gasteiger partial charge in [0.1, 0.15) is 0 Å². The maximum absolute atomic E-state index is 12.9. The molecule has 1 aliphatic heterocycles. The fourth-order valence-corrected chi connectivity index (χ4v) is 20.2. The van der Waals surface area contributed by atoms with E-state index in [0.29, 0.717) is 0 Å². The van der Waals surface area contributed by atoms with Crippen molar-refractivity contribution in [3.8, 4) is 0 Å². The Morgan fingerprint density at radius 1 is 1.17 bits per heavy atom. The highest BCUT2D eigenvalue weighted by atomic mass is 28.4. The van der Waals surface area contributed by atoms with Crippen LogP contribution in [0.3, 0.4) is 0 Å². The largest absolute Gasteiger partial charge is 0.454 e. The van der Waals surface area contributed by atoms with Gasteiger partial charge in [-0.1, -0.05) is 36.8 Å². The highest BCUT2D eigenvalue weighted by molar-refractivity contribution is 6.96. The summed E-state index contributed by atoms with van der Waals surface area (Å²) in [5.74, 6) is -0.366. The Hall–Kier alpha value is -1.18. The molecule has 1 heterocycles. The minimum absolute atomic E-state index is 0.241. The number of hydrogen-bond acceptors (Lipinski definition) is 2. The number of fused-ring (bicyclic) bond motifs is 2. The molecule has 1 N–H and O–H groups in total. The molecule has 1 aromatic carbocycles. The molecule has 24 heavy (non-hydrogen) atoms. The number of benzene rings is 1. The summed E-state index contributed by atoms with van der Waals surface area (Å²) in [5, 5.41) is -0.824.